The molecule has 2 unspecified atom stereocenters. The standard InChI is InChI=1S/C34H42F2N4O4/c1-23(17-32(42)43)34(44)38-20-31(41)40(16-8-15-37)33(25-11-6-3-7-12-25)30-18-26(28-19-27(35)13-14-29(28)36)22-39(30)21-24-9-4-2-5-10-24/h2,4-5,9-10,13-14,18-19,22-23,25,33H,3,6-8,11-12,15-17,20-21,37H2,1H3,(H,38,44)(H,42,43). The van der Waals surface area contributed by atoms with Crippen LogP contribution in [0.1, 0.15) is 69.2 Å². The summed E-state index contributed by atoms with van der Waals surface area (Å²) in [5.74, 6) is -3.69. The van der Waals surface area contributed by atoms with Crippen LogP contribution in [0.25, 0.3) is 11.1 Å². The average molecular weight is 609 g/mol. The van der Waals surface area contributed by atoms with Gasteiger partial charge in [-0.2, -0.15) is 0 Å². The zero-order chi connectivity index (χ0) is 31.6. The van der Waals surface area contributed by atoms with Crippen molar-refractivity contribution < 1.29 is 28.3 Å². The molecule has 8 nitrogen and oxygen atoms in total. The number of aliphatic carboxylic acids is 1. The number of benzene rings is 2. The molecular formula is C34H42F2N4O4. The van der Waals surface area contributed by atoms with Crippen molar-refractivity contribution in [1.82, 2.24) is 14.8 Å². The Morgan fingerprint density at radius 3 is 2.48 bits per heavy atom. The molecule has 1 heterocycles. The Hall–Kier alpha value is -4.05. The van der Waals surface area contributed by atoms with Gasteiger partial charge in [0.25, 0.3) is 0 Å². The van der Waals surface area contributed by atoms with Gasteiger partial charge < -0.3 is 25.6 Å². The monoisotopic (exact) mass is 608 g/mol. The summed E-state index contributed by atoms with van der Waals surface area (Å²) >= 11 is 0. The number of carbonyl (C=O) groups excluding carboxylic acids is 2. The quantitative estimate of drug-likeness (QED) is 0.223. The molecule has 10 heteroatoms. The number of hydrogen-bond acceptors (Lipinski definition) is 4. The van der Waals surface area contributed by atoms with E-state index in [0.29, 0.717) is 31.6 Å². The normalized spacial score (nSPS) is 15.0. The lowest BCUT2D eigenvalue weighted by atomic mass is 9.81. The fraction of sp³-hybridized carbons (Fsp3) is 0.441. The van der Waals surface area contributed by atoms with Crippen LogP contribution in [0.2, 0.25) is 0 Å². The summed E-state index contributed by atoms with van der Waals surface area (Å²) in [6.45, 7) is 2.37. The Balaban J connectivity index is 1.77. The Bertz CT molecular complexity index is 1420. The lowest BCUT2D eigenvalue weighted by Crippen LogP contribution is -2.46. The lowest BCUT2D eigenvalue weighted by molar-refractivity contribution is -0.141. The number of nitrogens with one attached hydrogen (secondary N) is 1. The maximum absolute atomic E-state index is 15.0. The van der Waals surface area contributed by atoms with Crippen molar-refractivity contribution >= 4 is 17.8 Å². The Labute approximate surface area is 257 Å². The Morgan fingerprint density at radius 1 is 1.07 bits per heavy atom. The number of carboxylic acid groups (broad SMARTS) is 1. The Kier molecular flexibility index (Phi) is 11.7. The van der Waals surface area contributed by atoms with Gasteiger partial charge in [0.2, 0.25) is 11.8 Å². The second-order valence-corrected chi connectivity index (χ2v) is 11.7. The number of aromatic nitrogens is 1. The molecular weight excluding hydrogens is 566 g/mol. The number of hydrogen-bond donors (Lipinski definition) is 3. The largest absolute Gasteiger partial charge is 0.481 e. The Morgan fingerprint density at radius 2 is 1.80 bits per heavy atom. The van der Waals surface area contributed by atoms with E-state index in [4.69, 9.17) is 10.8 Å². The zero-order valence-electron chi connectivity index (χ0n) is 25.2. The topological polar surface area (TPSA) is 118 Å². The van der Waals surface area contributed by atoms with Crippen molar-refractivity contribution in [2.75, 3.05) is 19.6 Å². The first-order chi connectivity index (χ1) is 21.2. The first-order valence-electron chi connectivity index (χ1n) is 15.4. The van der Waals surface area contributed by atoms with Crippen LogP contribution in [0.5, 0.6) is 0 Å². The summed E-state index contributed by atoms with van der Waals surface area (Å²) in [6.07, 6.45) is 6.90. The number of nitrogens with zero attached hydrogens (tertiary/aromatic N) is 2. The van der Waals surface area contributed by atoms with Crippen molar-refractivity contribution in [1.29, 1.82) is 0 Å². The van der Waals surface area contributed by atoms with E-state index in [9.17, 15) is 18.8 Å². The van der Waals surface area contributed by atoms with Gasteiger partial charge in [0.05, 0.1) is 19.0 Å². The second-order valence-electron chi connectivity index (χ2n) is 11.7. The van der Waals surface area contributed by atoms with Gasteiger partial charge >= 0.3 is 5.97 Å². The molecule has 44 heavy (non-hydrogen) atoms. The summed E-state index contributed by atoms with van der Waals surface area (Å²) in [7, 11) is 0. The highest BCUT2D eigenvalue weighted by atomic mass is 19.1. The van der Waals surface area contributed by atoms with E-state index >= 15 is 4.39 Å². The maximum Gasteiger partial charge on any atom is 0.304 e. The molecule has 0 spiro atoms. The van der Waals surface area contributed by atoms with Crippen molar-refractivity contribution in [2.45, 2.75) is 64.5 Å². The number of carbonyl (C=O) groups is 3. The molecule has 0 bridgehead atoms. The van der Waals surface area contributed by atoms with Crippen LogP contribution in [0.15, 0.2) is 60.8 Å². The van der Waals surface area contributed by atoms with Gasteiger partial charge in [-0.15, -0.1) is 0 Å². The van der Waals surface area contributed by atoms with Crippen LogP contribution in [0.4, 0.5) is 8.78 Å². The van der Waals surface area contributed by atoms with E-state index < -0.39 is 35.5 Å². The molecule has 0 aliphatic heterocycles. The third kappa shape index (κ3) is 8.53. The third-order valence-electron chi connectivity index (χ3n) is 8.37. The summed E-state index contributed by atoms with van der Waals surface area (Å²) in [5.41, 5.74) is 8.36. The molecule has 2 atom stereocenters. The van der Waals surface area contributed by atoms with Gasteiger partial charge in [0.1, 0.15) is 11.6 Å². The molecule has 3 aromatic rings. The minimum atomic E-state index is -1.09. The van der Waals surface area contributed by atoms with Gasteiger partial charge in [-0.1, -0.05) is 56.5 Å². The summed E-state index contributed by atoms with van der Waals surface area (Å²) in [4.78, 5) is 39.4. The van der Waals surface area contributed by atoms with Crippen molar-refractivity contribution in [3.63, 3.8) is 0 Å². The van der Waals surface area contributed by atoms with Crippen molar-refractivity contribution in [3.05, 3.63) is 83.7 Å². The molecule has 1 aromatic heterocycles. The molecule has 1 fully saturated rings. The van der Waals surface area contributed by atoms with Gasteiger partial charge in [0, 0.05) is 42.0 Å². The van der Waals surface area contributed by atoms with Crippen molar-refractivity contribution in [3.8, 4) is 11.1 Å². The molecule has 0 radical (unpaired) electrons. The van der Waals surface area contributed by atoms with Crippen LogP contribution in [0.3, 0.4) is 0 Å². The lowest BCUT2D eigenvalue weighted by Gasteiger charge is -2.40. The predicted molar refractivity (Wildman–Crippen MR) is 164 cm³/mol. The summed E-state index contributed by atoms with van der Waals surface area (Å²) in [5, 5.41) is 11.7. The van der Waals surface area contributed by atoms with Crippen LogP contribution in [-0.4, -0.2) is 52.0 Å². The minimum absolute atomic E-state index is 0.0988. The van der Waals surface area contributed by atoms with E-state index in [1.165, 1.54) is 13.0 Å². The van der Waals surface area contributed by atoms with Crippen LogP contribution >= 0.6 is 0 Å². The molecule has 1 aliphatic carbocycles. The van der Waals surface area contributed by atoms with Gasteiger partial charge in [0.15, 0.2) is 0 Å². The third-order valence-corrected chi connectivity index (χ3v) is 8.37. The SMILES string of the molecule is CC(CC(=O)O)C(=O)NCC(=O)N(CCCN)C(c1cc(-c2cc(F)ccc2F)cn1Cc1ccccc1)C1CCCCC1. The first-order valence-corrected chi connectivity index (χ1v) is 15.4. The van der Waals surface area contributed by atoms with Crippen LogP contribution in [-0.2, 0) is 20.9 Å². The molecule has 1 aliphatic rings. The molecule has 4 N–H and O–H groups in total. The highest BCUT2D eigenvalue weighted by Crippen LogP contribution is 2.41. The molecule has 2 amide bonds. The molecule has 1 saturated carbocycles. The highest BCUT2D eigenvalue weighted by molar-refractivity contribution is 5.87. The number of amides is 2. The van der Waals surface area contributed by atoms with E-state index in [1.54, 1.807) is 4.90 Å². The molecule has 236 valence electrons. The fourth-order valence-electron chi connectivity index (χ4n) is 6.14. The van der Waals surface area contributed by atoms with Crippen molar-refractivity contribution in [2.24, 2.45) is 17.6 Å². The summed E-state index contributed by atoms with van der Waals surface area (Å²) < 4.78 is 31.3. The van der Waals surface area contributed by atoms with Gasteiger partial charge in [-0.3, -0.25) is 14.4 Å². The molecule has 4 rings (SSSR count). The molecule has 0 saturated heterocycles. The average Bonchev–Trinajstić information content (AvgIpc) is 3.42. The van der Waals surface area contributed by atoms with E-state index in [1.807, 2.05) is 47.2 Å². The fourth-order valence-corrected chi connectivity index (χ4v) is 6.14. The number of carboxylic acids is 1. The minimum Gasteiger partial charge on any atom is -0.481 e. The van der Waals surface area contributed by atoms with E-state index in [2.05, 4.69) is 5.32 Å². The zero-order valence-corrected chi connectivity index (χ0v) is 25.2. The molecule has 2 aromatic carbocycles. The second kappa shape index (κ2) is 15.6. The number of halogens is 2. The number of rotatable bonds is 14. The van der Waals surface area contributed by atoms with E-state index in [0.717, 1.165) is 55.5 Å². The number of nitrogens with two attached hydrogens (primary N) is 1. The van der Waals surface area contributed by atoms with E-state index in [-0.39, 0.29) is 30.4 Å². The van der Waals surface area contributed by atoms with Gasteiger partial charge in [-0.05, 0) is 61.6 Å². The van der Waals surface area contributed by atoms with Crippen LogP contribution < -0.4 is 11.1 Å². The maximum atomic E-state index is 15.0. The predicted octanol–water partition coefficient (Wildman–Crippen LogP) is 5.51. The highest BCUT2D eigenvalue weighted by Gasteiger charge is 2.35. The van der Waals surface area contributed by atoms with Crippen LogP contribution in [0, 0.1) is 23.5 Å². The summed E-state index contributed by atoms with van der Waals surface area (Å²) in [6, 6.07) is 14.6. The first kappa shape index (κ1) is 32.9. The smallest absolute Gasteiger partial charge is 0.304 e. The van der Waals surface area contributed by atoms with Gasteiger partial charge in [-0.25, -0.2) is 8.78 Å².